The van der Waals surface area contributed by atoms with Crippen molar-refractivity contribution < 1.29 is 14.1 Å². The molecule has 7 nitrogen and oxygen atoms in total. The number of nitrogens with one attached hydrogen (secondary N) is 1. The molecule has 1 N–H and O–H groups in total. The largest absolute Gasteiger partial charge is 0.360 e. The Labute approximate surface area is 200 Å². The Bertz CT molecular complexity index is 933. The molecule has 1 saturated heterocycles. The summed E-state index contributed by atoms with van der Waals surface area (Å²) in [5.74, 6) is 1.89. The molecule has 1 aromatic carbocycles. The van der Waals surface area contributed by atoms with Crippen LogP contribution < -0.4 is 5.32 Å². The zero-order valence-electron chi connectivity index (χ0n) is 19.4. The molecule has 1 aliphatic heterocycles. The molecule has 2 heterocycles. The fourth-order valence-electron chi connectivity index (χ4n) is 4.60. The monoisotopic (exact) mass is 470 g/mol. The third-order valence-electron chi connectivity index (χ3n) is 6.50. The second kappa shape index (κ2) is 11.7. The van der Waals surface area contributed by atoms with Gasteiger partial charge in [-0.2, -0.15) is 0 Å². The van der Waals surface area contributed by atoms with Crippen LogP contribution in [0, 0.1) is 12.8 Å². The number of nitrogens with zero attached hydrogens (tertiary/aromatic N) is 3. The zero-order valence-corrected chi connectivity index (χ0v) is 20.2. The number of carbonyl (C=O) groups excluding carboxylic acids is 2. The van der Waals surface area contributed by atoms with Gasteiger partial charge < -0.3 is 14.7 Å². The van der Waals surface area contributed by atoms with Gasteiger partial charge in [-0.3, -0.25) is 14.5 Å². The molecule has 2 amide bonds. The fourth-order valence-corrected chi connectivity index (χ4v) is 5.48. The topological polar surface area (TPSA) is 78.7 Å². The smallest absolute Gasteiger partial charge is 0.255 e. The molecule has 0 radical (unpaired) electrons. The van der Waals surface area contributed by atoms with E-state index in [1.165, 1.54) is 43.9 Å². The Balaban J connectivity index is 1.26. The molecule has 2 aliphatic rings. The summed E-state index contributed by atoms with van der Waals surface area (Å²) < 4.78 is 5.32. The molecule has 1 aliphatic carbocycles. The van der Waals surface area contributed by atoms with Crippen molar-refractivity contribution >= 4 is 23.6 Å². The maximum atomic E-state index is 13.2. The van der Waals surface area contributed by atoms with Crippen molar-refractivity contribution in [1.82, 2.24) is 20.3 Å². The van der Waals surface area contributed by atoms with Crippen LogP contribution in [0.5, 0.6) is 0 Å². The number of piperazine rings is 1. The van der Waals surface area contributed by atoms with Gasteiger partial charge in [0.15, 0.2) is 5.76 Å². The SMILES string of the molecule is Cc1cc(CN2CCN(C(=O)c3ccccc3SCC(=O)NCC3CCCCC3)CC2)on1. The lowest BCUT2D eigenvalue weighted by Gasteiger charge is -2.34. The van der Waals surface area contributed by atoms with E-state index >= 15 is 0 Å². The highest BCUT2D eigenvalue weighted by Gasteiger charge is 2.25. The van der Waals surface area contributed by atoms with Crippen LogP contribution in [0.3, 0.4) is 0 Å². The first-order valence-electron chi connectivity index (χ1n) is 12.0. The summed E-state index contributed by atoms with van der Waals surface area (Å²) in [5, 5.41) is 7.03. The van der Waals surface area contributed by atoms with Crippen molar-refractivity contribution in [1.29, 1.82) is 0 Å². The Kier molecular flexibility index (Phi) is 8.45. The molecule has 1 aromatic heterocycles. The van der Waals surface area contributed by atoms with E-state index in [1.54, 1.807) is 0 Å². The standard InChI is InChI=1S/C25H34N4O3S/c1-19-15-21(32-27-19)17-28-11-13-29(14-12-28)25(31)22-9-5-6-10-23(22)33-18-24(30)26-16-20-7-3-2-4-8-20/h5-6,9-10,15,20H,2-4,7-8,11-14,16-18H2,1H3,(H,26,30). The molecule has 1 saturated carbocycles. The van der Waals surface area contributed by atoms with E-state index in [0.29, 0.717) is 36.9 Å². The van der Waals surface area contributed by atoms with Crippen LogP contribution in [-0.4, -0.2) is 65.2 Å². The van der Waals surface area contributed by atoms with Crippen molar-refractivity contribution in [3.05, 3.63) is 47.3 Å². The number of aryl methyl sites for hydroxylation is 1. The van der Waals surface area contributed by atoms with E-state index in [2.05, 4.69) is 15.4 Å². The van der Waals surface area contributed by atoms with Gasteiger partial charge in [-0.15, -0.1) is 11.8 Å². The highest BCUT2D eigenvalue weighted by atomic mass is 32.2. The highest BCUT2D eigenvalue weighted by Crippen LogP contribution is 2.25. The minimum Gasteiger partial charge on any atom is -0.360 e. The number of amides is 2. The van der Waals surface area contributed by atoms with Crippen molar-refractivity contribution in [2.24, 2.45) is 5.92 Å². The van der Waals surface area contributed by atoms with E-state index in [1.807, 2.05) is 42.2 Å². The molecule has 0 unspecified atom stereocenters. The molecule has 0 spiro atoms. The van der Waals surface area contributed by atoms with Gasteiger partial charge >= 0.3 is 0 Å². The van der Waals surface area contributed by atoms with E-state index in [0.717, 1.165) is 36.0 Å². The van der Waals surface area contributed by atoms with Crippen LogP contribution in [0.2, 0.25) is 0 Å². The zero-order chi connectivity index (χ0) is 23.0. The molecule has 0 atom stereocenters. The average molecular weight is 471 g/mol. The van der Waals surface area contributed by atoms with Gasteiger partial charge in [0.25, 0.3) is 5.91 Å². The van der Waals surface area contributed by atoms with Crippen LogP contribution >= 0.6 is 11.8 Å². The molecule has 2 aromatic rings. The maximum absolute atomic E-state index is 13.2. The molecule has 2 fully saturated rings. The van der Waals surface area contributed by atoms with E-state index in [4.69, 9.17) is 4.52 Å². The van der Waals surface area contributed by atoms with E-state index in [-0.39, 0.29) is 11.8 Å². The number of carbonyl (C=O) groups is 2. The summed E-state index contributed by atoms with van der Waals surface area (Å²) in [6.07, 6.45) is 6.31. The van der Waals surface area contributed by atoms with Gasteiger partial charge in [-0.05, 0) is 37.8 Å². The Morgan fingerprint density at radius 1 is 1.12 bits per heavy atom. The lowest BCUT2D eigenvalue weighted by Crippen LogP contribution is -2.48. The summed E-state index contributed by atoms with van der Waals surface area (Å²) in [4.78, 5) is 30.7. The van der Waals surface area contributed by atoms with Crippen LogP contribution in [0.1, 0.15) is 53.9 Å². The number of hydrogen-bond acceptors (Lipinski definition) is 6. The number of hydrogen-bond donors (Lipinski definition) is 1. The molecule has 178 valence electrons. The summed E-state index contributed by atoms with van der Waals surface area (Å²) in [7, 11) is 0. The number of rotatable bonds is 8. The maximum Gasteiger partial charge on any atom is 0.255 e. The fraction of sp³-hybridized carbons (Fsp3) is 0.560. The first-order valence-corrected chi connectivity index (χ1v) is 13.0. The van der Waals surface area contributed by atoms with Gasteiger partial charge in [-0.1, -0.05) is 36.6 Å². The third kappa shape index (κ3) is 6.84. The van der Waals surface area contributed by atoms with Gasteiger partial charge in [0, 0.05) is 43.7 Å². The predicted octanol–water partition coefficient (Wildman–Crippen LogP) is 3.73. The molecular formula is C25H34N4O3S. The normalized spacial score (nSPS) is 17.8. The summed E-state index contributed by atoms with van der Waals surface area (Å²) in [6.45, 7) is 6.34. The second-order valence-corrected chi connectivity index (χ2v) is 10.1. The number of thioether (sulfide) groups is 1. The van der Waals surface area contributed by atoms with Gasteiger partial charge in [0.2, 0.25) is 5.91 Å². The van der Waals surface area contributed by atoms with Crippen LogP contribution in [0.15, 0.2) is 39.8 Å². The predicted molar refractivity (Wildman–Crippen MR) is 129 cm³/mol. The molecule has 0 bridgehead atoms. The first kappa shape index (κ1) is 23.8. The minimum absolute atomic E-state index is 0.0378. The van der Waals surface area contributed by atoms with Gasteiger partial charge in [-0.25, -0.2) is 0 Å². The van der Waals surface area contributed by atoms with Gasteiger partial charge in [0.05, 0.1) is 23.6 Å². The van der Waals surface area contributed by atoms with Crippen molar-refractivity contribution in [2.75, 3.05) is 38.5 Å². The quantitative estimate of drug-likeness (QED) is 0.593. The summed E-state index contributed by atoms with van der Waals surface area (Å²) >= 11 is 1.45. The molecular weight excluding hydrogens is 436 g/mol. The number of aromatic nitrogens is 1. The molecule has 33 heavy (non-hydrogen) atoms. The highest BCUT2D eigenvalue weighted by molar-refractivity contribution is 8.00. The number of benzene rings is 1. The van der Waals surface area contributed by atoms with E-state index in [9.17, 15) is 9.59 Å². The second-order valence-electron chi connectivity index (χ2n) is 9.10. The lowest BCUT2D eigenvalue weighted by molar-refractivity contribution is -0.118. The third-order valence-corrected chi connectivity index (χ3v) is 7.58. The Hall–Kier alpha value is -2.32. The van der Waals surface area contributed by atoms with Crippen molar-refractivity contribution in [2.45, 2.75) is 50.5 Å². The lowest BCUT2D eigenvalue weighted by atomic mass is 9.89. The molecule has 8 heteroatoms. The van der Waals surface area contributed by atoms with Crippen LogP contribution in [0.4, 0.5) is 0 Å². The summed E-state index contributed by atoms with van der Waals surface area (Å²) in [6, 6.07) is 9.58. The van der Waals surface area contributed by atoms with Gasteiger partial charge in [0.1, 0.15) is 0 Å². The van der Waals surface area contributed by atoms with Crippen molar-refractivity contribution in [3.63, 3.8) is 0 Å². The Morgan fingerprint density at radius 2 is 1.88 bits per heavy atom. The van der Waals surface area contributed by atoms with Crippen molar-refractivity contribution in [3.8, 4) is 0 Å². The van der Waals surface area contributed by atoms with E-state index < -0.39 is 0 Å². The Morgan fingerprint density at radius 3 is 2.61 bits per heavy atom. The summed E-state index contributed by atoms with van der Waals surface area (Å²) in [5.41, 5.74) is 1.57. The van der Waals surface area contributed by atoms with Crippen LogP contribution in [-0.2, 0) is 11.3 Å². The average Bonchev–Trinajstić information content (AvgIpc) is 3.26. The first-order chi connectivity index (χ1) is 16.1. The minimum atomic E-state index is 0.0378. The van der Waals surface area contributed by atoms with Crippen LogP contribution in [0.25, 0.3) is 0 Å². The molecule has 4 rings (SSSR count).